The van der Waals surface area contributed by atoms with Crippen LogP contribution in [0.4, 0.5) is 10.3 Å². The van der Waals surface area contributed by atoms with Gasteiger partial charge < -0.3 is 10.4 Å². The second-order valence-corrected chi connectivity index (χ2v) is 7.09. The van der Waals surface area contributed by atoms with Gasteiger partial charge in [-0.15, -0.1) is 0 Å². The summed E-state index contributed by atoms with van der Waals surface area (Å²) in [7, 11) is 0. The molecule has 0 bridgehead atoms. The van der Waals surface area contributed by atoms with Gasteiger partial charge in [0.05, 0.1) is 18.0 Å². The molecule has 8 heteroatoms. The van der Waals surface area contributed by atoms with Gasteiger partial charge >= 0.3 is 0 Å². The van der Waals surface area contributed by atoms with Gasteiger partial charge in [-0.1, -0.05) is 0 Å². The summed E-state index contributed by atoms with van der Waals surface area (Å²) >= 11 is 1.96. The van der Waals surface area contributed by atoms with Crippen LogP contribution >= 0.6 is 22.6 Å². The summed E-state index contributed by atoms with van der Waals surface area (Å²) in [5.74, 6) is 0.219. The van der Waals surface area contributed by atoms with Crippen molar-refractivity contribution < 1.29 is 9.50 Å². The van der Waals surface area contributed by atoms with Gasteiger partial charge in [-0.2, -0.15) is 4.98 Å². The minimum atomic E-state index is -0.276. The van der Waals surface area contributed by atoms with Crippen LogP contribution in [0, 0.1) is 9.39 Å². The number of aliphatic hydroxyl groups is 1. The number of imidazole rings is 1. The van der Waals surface area contributed by atoms with E-state index in [0.717, 1.165) is 12.8 Å². The molecule has 0 amide bonds. The van der Waals surface area contributed by atoms with Gasteiger partial charge in [0.25, 0.3) is 0 Å². The number of halogens is 2. The van der Waals surface area contributed by atoms with E-state index in [1.165, 1.54) is 6.07 Å². The number of benzene rings is 1. The van der Waals surface area contributed by atoms with Gasteiger partial charge in [0.2, 0.25) is 5.95 Å². The average Bonchev–Trinajstić information content (AvgIpc) is 3.16. The van der Waals surface area contributed by atoms with E-state index in [1.54, 1.807) is 23.2 Å². The van der Waals surface area contributed by atoms with Gasteiger partial charge in [-0.3, -0.25) is 4.57 Å². The molecule has 0 aliphatic heterocycles. The smallest absolute Gasteiger partial charge is 0.224 e. The molecule has 3 aromatic rings. The first-order valence-corrected chi connectivity index (χ1v) is 8.78. The van der Waals surface area contributed by atoms with Gasteiger partial charge in [0.1, 0.15) is 17.7 Å². The number of hydrogen-bond acceptors (Lipinski definition) is 5. The molecule has 2 unspecified atom stereocenters. The number of nitrogens with one attached hydrogen (secondary N) is 1. The zero-order valence-electron chi connectivity index (χ0n) is 12.7. The van der Waals surface area contributed by atoms with Crippen molar-refractivity contribution in [3.63, 3.8) is 0 Å². The SMILES string of the molecule is OC1CCC(Nc2ncc3ncn(-c4ccc(I)c(F)c4)c3n2)C1. The monoisotopic (exact) mass is 439 g/mol. The van der Waals surface area contributed by atoms with E-state index in [-0.39, 0.29) is 18.0 Å². The van der Waals surface area contributed by atoms with Crippen molar-refractivity contribution in [2.24, 2.45) is 0 Å². The van der Waals surface area contributed by atoms with E-state index in [2.05, 4.69) is 20.3 Å². The number of nitrogens with zero attached hydrogens (tertiary/aromatic N) is 4. The molecule has 124 valence electrons. The number of aromatic nitrogens is 4. The second-order valence-electron chi connectivity index (χ2n) is 5.92. The molecule has 1 aliphatic carbocycles. The average molecular weight is 439 g/mol. The second kappa shape index (κ2) is 6.25. The van der Waals surface area contributed by atoms with Crippen LogP contribution in [0.3, 0.4) is 0 Å². The molecule has 2 aromatic heterocycles. The summed E-state index contributed by atoms with van der Waals surface area (Å²) in [6.45, 7) is 0. The fourth-order valence-electron chi connectivity index (χ4n) is 2.97. The lowest BCUT2D eigenvalue weighted by atomic mass is 10.2. The first-order chi connectivity index (χ1) is 11.6. The summed E-state index contributed by atoms with van der Waals surface area (Å²) < 4.78 is 16.2. The number of aliphatic hydroxyl groups excluding tert-OH is 1. The highest BCUT2D eigenvalue weighted by Gasteiger charge is 2.23. The van der Waals surface area contributed by atoms with Crippen molar-refractivity contribution in [2.45, 2.75) is 31.4 Å². The van der Waals surface area contributed by atoms with E-state index in [4.69, 9.17) is 0 Å². The van der Waals surface area contributed by atoms with Crippen LogP contribution in [0.1, 0.15) is 19.3 Å². The molecule has 1 saturated carbocycles. The molecule has 0 radical (unpaired) electrons. The van der Waals surface area contributed by atoms with Crippen molar-refractivity contribution in [3.05, 3.63) is 40.1 Å². The third-order valence-electron chi connectivity index (χ3n) is 4.21. The van der Waals surface area contributed by atoms with E-state index in [1.807, 2.05) is 28.7 Å². The summed E-state index contributed by atoms with van der Waals surface area (Å²) in [4.78, 5) is 13.1. The lowest BCUT2D eigenvalue weighted by Gasteiger charge is -2.12. The molecular formula is C16H15FIN5O. The molecular weight excluding hydrogens is 424 g/mol. The van der Waals surface area contributed by atoms with Crippen molar-refractivity contribution in [1.82, 2.24) is 19.5 Å². The molecule has 1 fully saturated rings. The standard InChI is InChI=1S/C16H15FIN5O/c17-12-6-10(2-4-13(12)18)23-8-20-14-7-19-16(22-15(14)23)21-9-1-3-11(24)5-9/h2,4,6-9,11,24H,1,3,5H2,(H,19,21,22). The Hall–Kier alpha value is -1.81. The number of hydrogen-bond donors (Lipinski definition) is 2. The van der Waals surface area contributed by atoms with Gasteiger partial charge in [-0.05, 0) is 60.1 Å². The Bertz CT molecular complexity index is 899. The highest BCUT2D eigenvalue weighted by Crippen LogP contribution is 2.23. The number of anilines is 1. The van der Waals surface area contributed by atoms with Crippen LogP contribution in [0.5, 0.6) is 0 Å². The largest absolute Gasteiger partial charge is 0.393 e. The predicted molar refractivity (Wildman–Crippen MR) is 96.6 cm³/mol. The van der Waals surface area contributed by atoms with E-state index in [9.17, 15) is 9.50 Å². The Morgan fingerprint density at radius 2 is 2.17 bits per heavy atom. The Morgan fingerprint density at radius 1 is 1.29 bits per heavy atom. The zero-order chi connectivity index (χ0) is 16.7. The molecule has 2 N–H and O–H groups in total. The maximum Gasteiger partial charge on any atom is 0.224 e. The molecule has 1 aromatic carbocycles. The summed E-state index contributed by atoms with van der Waals surface area (Å²) in [5, 5.41) is 12.9. The van der Waals surface area contributed by atoms with Crippen LogP contribution < -0.4 is 5.32 Å². The number of rotatable bonds is 3. The number of fused-ring (bicyclic) bond motifs is 1. The molecule has 2 atom stereocenters. The van der Waals surface area contributed by atoms with Crippen molar-refractivity contribution >= 4 is 39.7 Å². The third kappa shape index (κ3) is 2.95. The topological polar surface area (TPSA) is 75.9 Å². The minimum Gasteiger partial charge on any atom is -0.393 e. The Kier molecular flexibility index (Phi) is 4.09. The predicted octanol–water partition coefficient (Wildman–Crippen LogP) is 2.88. The molecule has 2 heterocycles. The van der Waals surface area contributed by atoms with Crippen LogP contribution in [0.15, 0.2) is 30.7 Å². The first kappa shape index (κ1) is 15.7. The summed E-state index contributed by atoms with van der Waals surface area (Å²) in [6, 6.07) is 5.18. The Balaban J connectivity index is 1.69. The van der Waals surface area contributed by atoms with Crippen LogP contribution in [0.2, 0.25) is 0 Å². The van der Waals surface area contributed by atoms with Crippen molar-refractivity contribution in [3.8, 4) is 5.69 Å². The van der Waals surface area contributed by atoms with Gasteiger partial charge in [0.15, 0.2) is 5.65 Å². The highest BCUT2D eigenvalue weighted by atomic mass is 127. The zero-order valence-corrected chi connectivity index (χ0v) is 14.8. The highest BCUT2D eigenvalue weighted by molar-refractivity contribution is 14.1. The first-order valence-electron chi connectivity index (χ1n) is 7.70. The minimum absolute atomic E-state index is 0.171. The van der Waals surface area contributed by atoms with Gasteiger partial charge in [-0.25, -0.2) is 14.4 Å². The van der Waals surface area contributed by atoms with Crippen LogP contribution in [0.25, 0.3) is 16.9 Å². The van der Waals surface area contributed by atoms with Crippen LogP contribution in [-0.2, 0) is 0 Å². The van der Waals surface area contributed by atoms with E-state index >= 15 is 0 Å². The maximum atomic E-state index is 13.8. The fourth-order valence-corrected chi connectivity index (χ4v) is 3.31. The lowest BCUT2D eigenvalue weighted by molar-refractivity contribution is 0.182. The molecule has 0 spiro atoms. The van der Waals surface area contributed by atoms with E-state index in [0.29, 0.717) is 32.8 Å². The molecule has 1 aliphatic rings. The van der Waals surface area contributed by atoms with Crippen molar-refractivity contribution in [1.29, 1.82) is 0 Å². The summed E-state index contributed by atoms with van der Waals surface area (Å²) in [5.41, 5.74) is 1.92. The molecule has 0 saturated heterocycles. The van der Waals surface area contributed by atoms with Crippen LogP contribution in [-0.4, -0.2) is 36.8 Å². The quantitative estimate of drug-likeness (QED) is 0.614. The molecule has 24 heavy (non-hydrogen) atoms. The lowest BCUT2D eigenvalue weighted by Crippen LogP contribution is -2.18. The molecule has 6 nitrogen and oxygen atoms in total. The Labute approximate surface area is 151 Å². The summed E-state index contributed by atoms with van der Waals surface area (Å²) in [6.07, 6.45) is 5.39. The van der Waals surface area contributed by atoms with E-state index < -0.39 is 0 Å². The maximum absolute atomic E-state index is 13.8. The normalized spacial score (nSPS) is 20.6. The van der Waals surface area contributed by atoms with Crippen molar-refractivity contribution in [2.75, 3.05) is 5.32 Å². The fraction of sp³-hybridized carbons (Fsp3) is 0.312. The van der Waals surface area contributed by atoms with Gasteiger partial charge in [0, 0.05) is 9.61 Å². The third-order valence-corrected chi connectivity index (χ3v) is 5.08. The Morgan fingerprint density at radius 3 is 2.92 bits per heavy atom. The molecule has 4 rings (SSSR count).